The van der Waals surface area contributed by atoms with Gasteiger partial charge in [-0.2, -0.15) is 6.08 Å². The van der Waals surface area contributed by atoms with Crippen molar-refractivity contribution < 1.29 is 37.6 Å². The monoisotopic (exact) mass is 220 g/mol. The fraction of sp³-hybridized carbons (Fsp3) is 0.500. The molecule has 5 heteroatoms. The Morgan fingerprint density at radius 3 is 1.85 bits per heavy atom. The molecule has 1 saturated heterocycles. The predicted octanol–water partition coefficient (Wildman–Crippen LogP) is 0.569. The molecule has 0 N–H and O–H groups in total. The molecule has 0 amide bonds. The van der Waals surface area contributed by atoms with Crippen molar-refractivity contribution in [2.24, 2.45) is 0 Å². The zero-order chi connectivity index (χ0) is 9.35. The van der Waals surface area contributed by atoms with Crippen molar-refractivity contribution in [1.82, 2.24) is 0 Å². The number of carbonyl (C=O) groups excluding carboxylic acids is 2. The predicted molar refractivity (Wildman–Crippen MR) is 38.7 cm³/mol. The zero-order valence-corrected chi connectivity index (χ0v) is 8.98. The van der Waals surface area contributed by atoms with Gasteiger partial charge in [-0.05, 0) is 5.57 Å². The second-order valence-corrected chi connectivity index (χ2v) is 2.80. The summed E-state index contributed by atoms with van der Waals surface area (Å²) in [6, 6.07) is 0. The summed E-state index contributed by atoms with van der Waals surface area (Å²) in [5.74, 6) is -2.52. The summed E-state index contributed by atoms with van der Waals surface area (Å²) in [7, 11) is 0. The number of ether oxygens (including phenoxy) is 2. The molecule has 0 saturated carbocycles. The second-order valence-electron chi connectivity index (χ2n) is 2.80. The van der Waals surface area contributed by atoms with Gasteiger partial charge in [0.25, 0.3) is 0 Å². The molecule has 1 rings (SSSR count). The third kappa shape index (κ3) is 2.61. The summed E-state index contributed by atoms with van der Waals surface area (Å²) in [6.45, 7) is 4.45. The Balaban J connectivity index is 0.00000144. The fourth-order valence-electron chi connectivity index (χ4n) is 0.857. The quantitative estimate of drug-likeness (QED) is 0.259. The molecule has 4 nitrogen and oxygen atoms in total. The average molecular weight is 220 g/mol. The van der Waals surface area contributed by atoms with Gasteiger partial charge in [-0.15, -0.1) is 0 Å². The minimum Gasteiger partial charge on any atom is -0.482 e. The fourth-order valence-corrected chi connectivity index (χ4v) is 0.857. The Hall–Kier alpha value is -0.736. The first kappa shape index (κ1) is 12.3. The first-order chi connectivity index (χ1) is 5.46. The van der Waals surface area contributed by atoms with Crippen molar-refractivity contribution >= 4 is 11.9 Å². The van der Waals surface area contributed by atoms with Crippen molar-refractivity contribution in [2.75, 3.05) is 0 Å². The maximum absolute atomic E-state index is 11.0. The van der Waals surface area contributed by atoms with E-state index in [1.54, 1.807) is 0 Å². The van der Waals surface area contributed by atoms with Gasteiger partial charge < -0.3 is 19.1 Å². The van der Waals surface area contributed by atoms with Crippen molar-refractivity contribution in [3.63, 3.8) is 0 Å². The molecule has 0 bridgehead atoms. The summed E-state index contributed by atoms with van der Waals surface area (Å²) < 4.78 is 9.53. The van der Waals surface area contributed by atoms with Gasteiger partial charge in [0.2, 0.25) is 17.7 Å². The number of esters is 2. The summed E-state index contributed by atoms with van der Waals surface area (Å²) in [5.41, 5.74) is -0.172. The number of carbonyl (C=O) groups is 2. The normalized spacial score (nSPS) is 19.8. The van der Waals surface area contributed by atoms with Crippen LogP contribution < -0.4 is 0 Å². The van der Waals surface area contributed by atoms with Crippen LogP contribution in [-0.2, 0) is 37.6 Å². The van der Waals surface area contributed by atoms with Crippen LogP contribution in [0.1, 0.15) is 20.8 Å². The third-order valence-corrected chi connectivity index (χ3v) is 1.34. The SMILES string of the molecule is C[C-]=C1C(=O)OC(C)(C)OC1=O.[V]. The van der Waals surface area contributed by atoms with Gasteiger partial charge in [0.15, 0.2) is 0 Å². The van der Waals surface area contributed by atoms with E-state index in [0.717, 1.165) is 0 Å². The van der Waals surface area contributed by atoms with Gasteiger partial charge in [0, 0.05) is 32.4 Å². The van der Waals surface area contributed by atoms with E-state index in [9.17, 15) is 9.59 Å². The smallest absolute Gasteiger partial charge is 0.229 e. The molecular weight excluding hydrogens is 211 g/mol. The molecule has 0 aromatic rings. The molecule has 0 aliphatic carbocycles. The number of cyclic esters (lactones) is 2. The zero-order valence-electron chi connectivity index (χ0n) is 7.58. The average Bonchev–Trinajstić information content (AvgIpc) is 1.82. The van der Waals surface area contributed by atoms with E-state index < -0.39 is 17.7 Å². The Kier molecular flexibility index (Phi) is 3.76. The number of hydrogen-bond acceptors (Lipinski definition) is 4. The summed E-state index contributed by atoms with van der Waals surface area (Å²) in [5, 5.41) is 0. The summed E-state index contributed by atoms with van der Waals surface area (Å²) >= 11 is 0. The molecule has 1 radical (unpaired) electrons. The molecule has 1 aliphatic rings. The van der Waals surface area contributed by atoms with Crippen molar-refractivity contribution in [3.05, 3.63) is 11.6 Å². The Morgan fingerprint density at radius 1 is 1.15 bits per heavy atom. The first-order valence-electron chi connectivity index (χ1n) is 3.47. The molecule has 71 valence electrons. The van der Waals surface area contributed by atoms with Crippen LogP contribution in [0.5, 0.6) is 0 Å². The topological polar surface area (TPSA) is 52.6 Å². The van der Waals surface area contributed by atoms with Crippen molar-refractivity contribution in [2.45, 2.75) is 26.6 Å². The minimum absolute atomic E-state index is 0. The van der Waals surface area contributed by atoms with Gasteiger partial charge >= 0.3 is 0 Å². The minimum atomic E-state index is -1.16. The van der Waals surface area contributed by atoms with Gasteiger partial charge in [0.05, 0.1) is 0 Å². The molecule has 1 heterocycles. The van der Waals surface area contributed by atoms with Crippen LogP contribution in [0, 0.1) is 6.08 Å². The largest absolute Gasteiger partial charge is 0.482 e. The Bertz CT molecular complexity index is 245. The number of hydrogen-bond donors (Lipinski definition) is 0. The Labute approximate surface area is 88.2 Å². The molecule has 1 fully saturated rings. The first-order valence-corrected chi connectivity index (χ1v) is 3.47. The third-order valence-electron chi connectivity index (χ3n) is 1.34. The van der Waals surface area contributed by atoms with Gasteiger partial charge in [-0.25, -0.2) is 0 Å². The van der Waals surface area contributed by atoms with E-state index in [-0.39, 0.29) is 24.1 Å². The molecule has 0 unspecified atom stereocenters. The van der Waals surface area contributed by atoms with Crippen LogP contribution >= 0.6 is 0 Å². The number of rotatable bonds is 0. The van der Waals surface area contributed by atoms with Crippen LogP contribution in [0.4, 0.5) is 0 Å². The van der Waals surface area contributed by atoms with Crippen LogP contribution in [0.25, 0.3) is 0 Å². The molecule has 0 aromatic carbocycles. The van der Waals surface area contributed by atoms with E-state index in [1.807, 2.05) is 0 Å². The molecular formula is C8H9O4V-. The molecule has 0 spiro atoms. The maximum Gasteiger partial charge on any atom is 0.229 e. The second kappa shape index (κ2) is 3.98. The van der Waals surface area contributed by atoms with Crippen LogP contribution in [0.2, 0.25) is 0 Å². The van der Waals surface area contributed by atoms with Gasteiger partial charge in [0.1, 0.15) is 0 Å². The van der Waals surface area contributed by atoms with Crippen molar-refractivity contribution in [3.8, 4) is 0 Å². The van der Waals surface area contributed by atoms with E-state index in [0.29, 0.717) is 0 Å². The van der Waals surface area contributed by atoms with E-state index in [2.05, 4.69) is 6.08 Å². The summed E-state index contributed by atoms with van der Waals surface area (Å²) in [4.78, 5) is 22.1. The van der Waals surface area contributed by atoms with Crippen LogP contribution in [0.3, 0.4) is 0 Å². The van der Waals surface area contributed by atoms with E-state index in [1.165, 1.54) is 20.8 Å². The van der Waals surface area contributed by atoms with Gasteiger partial charge in [-0.1, -0.05) is 6.92 Å². The van der Waals surface area contributed by atoms with E-state index >= 15 is 0 Å². The number of allylic oxidation sites excluding steroid dienone is 1. The molecule has 0 atom stereocenters. The van der Waals surface area contributed by atoms with Crippen LogP contribution in [0.15, 0.2) is 5.57 Å². The van der Waals surface area contributed by atoms with Gasteiger partial charge in [-0.3, -0.25) is 0 Å². The van der Waals surface area contributed by atoms with Crippen molar-refractivity contribution in [1.29, 1.82) is 0 Å². The molecule has 1 aliphatic heterocycles. The molecule has 13 heavy (non-hydrogen) atoms. The Morgan fingerprint density at radius 2 is 1.54 bits per heavy atom. The maximum atomic E-state index is 11.0. The standard InChI is InChI=1S/C8H9O4.V/c1-4-5-6(9)11-8(2,3)12-7(5)10;/h1-3H3;/q-1;. The van der Waals surface area contributed by atoms with E-state index in [4.69, 9.17) is 9.47 Å². The molecule has 0 aromatic heterocycles. The van der Waals surface area contributed by atoms with Crippen LogP contribution in [-0.4, -0.2) is 17.7 Å². The summed E-state index contributed by atoms with van der Waals surface area (Å²) in [6.07, 6.45) is 2.41.